The molecule has 106 valence electrons. The summed E-state index contributed by atoms with van der Waals surface area (Å²) in [5.41, 5.74) is 0. The number of hydrogen-bond donors (Lipinski definition) is 1. The van der Waals surface area contributed by atoms with E-state index < -0.39 is 10.0 Å². The quantitative estimate of drug-likeness (QED) is 0.887. The van der Waals surface area contributed by atoms with E-state index in [2.05, 4.69) is 10.1 Å². The fourth-order valence-electron chi connectivity index (χ4n) is 1.70. The standard InChI is InChI=1S/C12H13N3O4S/c13-20(16,17)10-5-3-9(4-6-10)18-7-11-14-12(15-19-11)8-1-2-8/h3-6,8H,1-2,7H2,(H2,13,16,17). The van der Waals surface area contributed by atoms with Crippen LogP contribution in [0.4, 0.5) is 0 Å². The van der Waals surface area contributed by atoms with Gasteiger partial charge in [-0.3, -0.25) is 0 Å². The molecule has 2 aromatic rings. The molecule has 8 heteroatoms. The second-order valence-electron chi connectivity index (χ2n) is 4.63. The Hall–Kier alpha value is -1.93. The normalized spacial score (nSPS) is 15.2. The molecule has 1 fully saturated rings. The first kappa shape index (κ1) is 13.1. The molecule has 1 aliphatic rings. The Kier molecular flexibility index (Phi) is 3.19. The lowest BCUT2D eigenvalue weighted by Gasteiger charge is -2.03. The van der Waals surface area contributed by atoms with Gasteiger partial charge >= 0.3 is 0 Å². The first-order chi connectivity index (χ1) is 9.52. The number of sulfonamides is 1. The van der Waals surface area contributed by atoms with Crippen molar-refractivity contribution in [2.45, 2.75) is 30.3 Å². The van der Waals surface area contributed by atoms with Gasteiger partial charge in [0.15, 0.2) is 12.4 Å². The minimum absolute atomic E-state index is 0.0404. The van der Waals surface area contributed by atoms with Crippen LogP contribution in [0.15, 0.2) is 33.7 Å². The first-order valence-electron chi connectivity index (χ1n) is 6.10. The van der Waals surface area contributed by atoms with Crippen molar-refractivity contribution < 1.29 is 17.7 Å². The fraction of sp³-hybridized carbons (Fsp3) is 0.333. The molecule has 1 saturated carbocycles. The van der Waals surface area contributed by atoms with Crippen LogP contribution >= 0.6 is 0 Å². The Morgan fingerprint density at radius 1 is 1.30 bits per heavy atom. The summed E-state index contributed by atoms with van der Waals surface area (Å²) in [4.78, 5) is 4.27. The smallest absolute Gasteiger partial charge is 0.264 e. The molecule has 1 heterocycles. The highest BCUT2D eigenvalue weighted by molar-refractivity contribution is 7.89. The topological polar surface area (TPSA) is 108 Å². The molecule has 0 amide bonds. The Labute approximate surface area is 115 Å². The van der Waals surface area contributed by atoms with E-state index in [-0.39, 0.29) is 11.5 Å². The van der Waals surface area contributed by atoms with Crippen molar-refractivity contribution in [3.8, 4) is 5.75 Å². The van der Waals surface area contributed by atoms with Crippen LogP contribution in [-0.2, 0) is 16.6 Å². The molecule has 0 saturated heterocycles. The second-order valence-corrected chi connectivity index (χ2v) is 6.19. The highest BCUT2D eigenvalue weighted by atomic mass is 32.2. The van der Waals surface area contributed by atoms with E-state index in [1.807, 2.05) is 0 Å². The average Bonchev–Trinajstić information content (AvgIpc) is 3.15. The Balaban J connectivity index is 1.62. The van der Waals surface area contributed by atoms with Crippen LogP contribution in [0.1, 0.15) is 30.5 Å². The van der Waals surface area contributed by atoms with Crippen molar-refractivity contribution in [2.24, 2.45) is 5.14 Å². The molecule has 0 atom stereocenters. The van der Waals surface area contributed by atoms with E-state index in [1.54, 1.807) is 0 Å². The summed E-state index contributed by atoms with van der Waals surface area (Å²) in [6.45, 7) is 0.147. The highest BCUT2D eigenvalue weighted by Gasteiger charge is 2.28. The number of aromatic nitrogens is 2. The summed E-state index contributed by atoms with van der Waals surface area (Å²) < 4.78 is 32.7. The third-order valence-electron chi connectivity index (χ3n) is 2.94. The van der Waals surface area contributed by atoms with Gasteiger partial charge in [0.05, 0.1) is 4.90 Å². The molecule has 0 bridgehead atoms. The first-order valence-corrected chi connectivity index (χ1v) is 7.65. The Morgan fingerprint density at radius 2 is 2.00 bits per heavy atom. The number of nitrogens with two attached hydrogens (primary N) is 1. The van der Waals surface area contributed by atoms with Crippen molar-refractivity contribution in [3.05, 3.63) is 36.0 Å². The predicted molar refractivity (Wildman–Crippen MR) is 68.4 cm³/mol. The maximum atomic E-state index is 11.1. The van der Waals surface area contributed by atoms with Crippen molar-refractivity contribution in [3.63, 3.8) is 0 Å². The van der Waals surface area contributed by atoms with Crippen LogP contribution in [0.3, 0.4) is 0 Å². The van der Waals surface area contributed by atoms with Gasteiger partial charge in [0.25, 0.3) is 5.89 Å². The van der Waals surface area contributed by atoms with Crippen LogP contribution in [-0.4, -0.2) is 18.6 Å². The molecule has 7 nitrogen and oxygen atoms in total. The molecule has 0 unspecified atom stereocenters. The van der Waals surface area contributed by atoms with Crippen molar-refractivity contribution in [1.82, 2.24) is 10.1 Å². The summed E-state index contributed by atoms with van der Waals surface area (Å²) >= 11 is 0. The maximum absolute atomic E-state index is 11.1. The lowest BCUT2D eigenvalue weighted by Crippen LogP contribution is -2.11. The van der Waals surface area contributed by atoms with Crippen LogP contribution in [0.2, 0.25) is 0 Å². The van der Waals surface area contributed by atoms with Crippen molar-refractivity contribution in [2.75, 3.05) is 0 Å². The van der Waals surface area contributed by atoms with Crippen LogP contribution in [0.5, 0.6) is 5.75 Å². The summed E-state index contributed by atoms with van der Waals surface area (Å²) in [6.07, 6.45) is 2.21. The molecule has 3 rings (SSSR count). The maximum Gasteiger partial charge on any atom is 0.264 e. The third-order valence-corrected chi connectivity index (χ3v) is 3.87. The number of ether oxygens (including phenoxy) is 1. The van der Waals surface area contributed by atoms with E-state index >= 15 is 0 Å². The van der Waals surface area contributed by atoms with Gasteiger partial charge in [0.2, 0.25) is 10.0 Å². The van der Waals surface area contributed by atoms with Crippen LogP contribution in [0.25, 0.3) is 0 Å². The van der Waals surface area contributed by atoms with Crippen LogP contribution in [0, 0.1) is 0 Å². The predicted octanol–water partition coefficient (Wildman–Crippen LogP) is 1.17. The van der Waals surface area contributed by atoms with E-state index in [1.165, 1.54) is 24.3 Å². The van der Waals surface area contributed by atoms with Gasteiger partial charge in [-0.1, -0.05) is 5.16 Å². The van der Waals surface area contributed by atoms with E-state index in [9.17, 15) is 8.42 Å². The largest absolute Gasteiger partial charge is 0.484 e. The molecule has 1 aromatic heterocycles. The molecule has 0 radical (unpaired) electrons. The van der Waals surface area contributed by atoms with Gasteiger partial charge in [-0.25, -0.2) is 13.6 Å². The van der Waals surface area contributed by atoms with Crippen LogP contribution < -0.4 is 9.88 Å². The number of hydrogen-bond acceptors (Lipinski definition) is 6. The molecule has 1 aromatic carbocycles. The Bertz CT molecular complexity index is 705. The SMILES string of the molecule is NS(=O)(=O)c1ccc(OCc2nc(C3CC3)no2)cc1. The summed E-state index contributed by atoms with van der Waals surface area (Å²) in [5, 5.41) is 8.88. The van der Waals surface area contributed by atoms with E-state index in [0.29, 0.717) is 17.6 Å². The fourth-order valence-corrected chi connectivity index (χ4v) is 2.22. The van der Waals surface area contributed by atoms with Gasteiger partial charge in [-0.15, -0.1) is 0 Å². The number of rotatable bonds is 5. The van der Waals surface area contributed by atoms with E-state index in [4.69, 9.17) is 14.4 Å². The zero-order valence-electron chi connectivity index (χ0n) is 10.5. The van der Waals surface area contributed by atoms with Gasteiger partial charge in [-0.05, 0) is 37.1 Å². The van der Waals surface area contributed by atoms with Gasteiger partial charge in [-0.2, -0.15) is 4.98 Å². The molecule has 0 aliphatic heterocycles. The molecule has 1 aliphatic carbocycles. The third kappa shape index (κ3) is 2.97. The van der Waals surface area contributed by atoms with Gasteiger partial charge < -0.3 is 9.26 Å². The molecule has 2 N–H and O–H groups in total. The lowest BCUT2D eigenvalue weighted by atomic mass is 10.3. The van der Waals surface area contributed by atoms with E-state index in [0.717, 1.165) is 18.7 Å². The highest BCUT2D eigenvalue weighted by Crippen LogP contribution is 2.38. The van der Waals surface area contributed by atoms with Gasteiger partial charge in [0, 0.05) is 5.92 Å². The number of benzene rings is 1. The summed E-state index contributed by atoms with van der Waals surface area (Å²) in [7, 11) is -3.68. The number of primary sulfonamides is 1. The second kappa shape index (κ2) is 4.88. The van der Waals surface area contributed by atoms with Crippen molar-refractivity contribution >= 4 is 10.0 Å². The molecular weight excluding hydrogens is 282 g/mol. The lowest BCUT2D eigenvalue weighted by molar-refractivity contribution is 0.242. The molecular formula is C12H13N3O4S. The minimum atomic E-state index is -3.68. The summed E-state index contributed by atoms with van der Waals surface area (Å²) in [5.74, 6) is 2.07. The average molecular weight is 295 g/mol. The zero-order valence-corrected chi connectivity index (χ0v) is 11.3. The Morgan fingerprint density at radius 3 is 2.60 bits per heavy atom. The van der Waals surface area contributed by atoms with Gasteiger partial charge in [0.1, 0.15) is 5.75 Å². The molecule has 20 heavy (non-hydrogen) atoms. The number of nitrogens with zero attached hydrogens (tertiary/aromatic N) is 2. The van der Waals surface area contributed by atoms with Crippen molar-refractivity contribution in [1.29, 1.82) is 0 Å². The monoisotopic (exact) mass is 295 g/mol. The zero-order chi connectivity index (χ0) is 14.2. The summed E-state index contributed by atoms with van der Waals surface area (Å²) in [6, 6.07) is 5.82. The molecule has 0 spiro atoms. The minimum Gasteiger partial charge on any atom is -0.484 e.